The molecule has 0 fully saturated rings. The number of rotatable bonds is 9. The van der Waals surface area contributed by atoms with Crippen molar-refractivity contribution in [2.75, 3.05) is 13.2 Å². The summed E-state index contributed by atoms with van der Waals surface area (Å²) in [7, 11) is 0. The van der Waals surface area contributed by atoms with Gasteiger partial charge in [0.1, 0.15) is 5.01 Å². The zero-order valence-corrected chi connectivity index (χ0v) is 18.8. The van der Waals surface area contributed by atoms with Crippen LogP contribution in [-0.4, -0.2) is 29.1 Å². The van der Waals surface area contributed by atoms with Crippen LogP contribution in [0.4, 0.5) is 0 Å². The molecule has 0 amide bonds. The van der Waals surface area contributed by atoms with E-state index in [1.54, 1.807) is 11.3 Å². The number of guanidine groups is 1. The number of nitrogens with one attached hydrogen (secondary N) is 2. The third-order valence-corrected chi connectivity index (χ3v) is 4.51. The summed E-state index contributed by atoms with van der Waals surface area (Å²) in [6.45, 7) is 9.02. The zero-order valence-electron chi connectivity index (χ0n) is 15.6. The van der Waals surface area contributed by atoms with Gasteiger partial charge in [-0.05, 0) is 25.3 Å². The van der Waals surface area contributed by atoms with Crippen LogP contribution >= 0.6 is 35.3 Å². The van der Waals surface area contributed by atoms with Crippen LogP contribution in [0, 0.1) is 0 Å². The van der Waals surface area contributed by atoms with Gasteiger partial charge in [-0.25, -0.2) is 15.0 Å². The van der Waals surface area contributed by atoms with E-state index >= 15 is 0 Å². The molecule has 2 aromatic rings. The van der Waals surface area contributed by atoms with E-state index in [0.717, 1.165) is 35.9 Å². The summed E-state index contributed by atoms with van der Waals surface area (Å²) in [6.07, 6.45) is 5.76. The number of pyridine rings is 1. The minimum absolute atomic E-state index is 0. The van der Waals surface area contributed by atoms with Gasteiger partial charge in [-0.15, -0.1) is 35.3 Å². The van der Waals surface area contributed by atoms with Crippen LogP contribution in [0.25, 0.3) is 0 Å². The van der Waals surface area contributed by atoms with Gasteiger partial charge in [0.2, 0.25) is 5.88 Å². The Morgan fingerprint density at radius 2 is 2.00 bits per heavy atom. The molecule has 0 saturated heterocycles. The quantitative estimate of drug-likeness (QED) is 0.319. The minimum atomic E-state index is 0. The number of thiazole rings is 1. The number of nitrogens with zero attached hydrogens (tertiary/aromatic N) is 3. The van der Waals surface area contributed by atoms with E-state index in [2.05, 4.69) is 46.4 Å². The van der Waals surface area contributed by atoms with Gasteiger partial charge < -0.3 is 15.4 Å². The Bertz CT molecular complexity index is 660. The maximum absolute atomic E-state index is 5.50. The Kier molecular flexibility index (Phi) is 11.2. The molecule has 0 aliphatic carbocycles. The fraction of sp³-hybridized carbons (Fsp3) is 0.500. The van der Waals surface area contributed by atoms with Crippen LogP contribution in [-0.2, 0) is 19.5 Å². The van der Waals surface area contributed by atoms with Crippen molar-refractivity contribution in [2.45, 2.75) is 46.7 Å². The number of ether oxygens (including phenoxy) is 1. The first kappa shape index (κ1) is 22.6. The molecule has 8 heteroatoms. The first-order valence-electron chi connectivity index (χ1n) is 8.78. The highest BCUT2D eigenvalue weighted by molar-refractivity contribution is 14.0. The summed E-state index contributed by atoms with van der Waals surface area (Å²) in [6, 6.07) is 3.89. The topological polar surface area (TPSA) is 71.4 Å². The van der Waals surface area contributed by atoms with E-state index in [9.17, 15) is 0 Å². The zero-order chi connectivity index (χ0) is 17.9. The summed E-state index contributed by atoms with van der Waals surface area (Å²) in [4.78, 5) is 14.6. The van der Waals surface area contributed by atoms with Gasteiger partial charge in [-0.1, -0.05) is 19.9 Å². The average Bonchev–Trinajstić information content (AvgIpc) is 3.11. The molecule has 26 heavy (non-hydrogen) atoms. The highest BCUT2D eigenvalue weighted by Gasteiger charge is 2.03. The molecule has 0 aliphatic heterocycles. The van der Waals surface area contributed by atoms with Crippen LogP contribution in [0.15, 0.2) is 29.5 Å². The molecule has 0 unspecified atom stereocenters. The van der Waals surface area contributed by atoms with Gasteiger partial charge in [0.25, 0.3) is 0 Å². The third-order valence-electron chi connectivity index (χ3n) is 3.37. The van der Waals surface area contributed by atoms with Crippen molar-refractivity contribution in [3.8, 4) is 5.88 Å². The first-order chi connectivity index (χ1) is 12.2. The number of aryl methyl sites for hydroxylation is 1. The average molecular weight is 489 g/mol. The van der Waals surface area contributed by atoms with Gasteiger partial charge in [0, 0.05) is 29.9 Å². The number of hydrogen-bond donors (Lipinski definition) is 2. The Balaban J connectivity index is 0.00000338. The SMILES string of the molecule is CCCOc1ccc(CN=C(NCC)NCc2ncc(CC)s2)cn1.I. The summed E-state index contributed by atoms with van der Waals surface area (Å²) in [5.74, 6) is 1.44. The van der Waals surface area contributed by atoms with Gasteiger partial charge in [0.05, 0.1) is 19.7 Å². The van der Waals surface area contributed by atoms with Gasteiger partial charge in [-0.2, -0.15) is 0 Å². The molecule has 2 aromatic heterocycles. The largest absolute Gasteiger partial charge is 0.478 e. The normalized spacial score (nSPS) is 11.0. The monoisotopic (exact) mass is 489 g/mol. The lowest BCUT2D eigenvalue weighted by Crippen LogP contribution is -2.36. The maximum atomic E-state index is 5.50. The molecule has 0 spiro atoms. The predicted octanol–water partition coefficient (Wildman–Crippen LogP) is 3.76. The second-order valence-corrected chi connectivity index (χ2v) is 6.68. The second kappa shape index (κ2) is 12.9. The van der Waals surface area contributed by atoms with E-state index in [-0.39, 0.29) is 24.0 Å². The molecule has 0 saturated carbocycles. The minimum Gasteiger partial charge on any atom is -0.478 e. The Hall–Kier alpha value is -1.42. The lowest BCUT2D eigenvalue weighted by Gasteiger charge is -2.10. The van der Waals surface area contributed by atoms with Crippen molar-refractivity contribution < 1.29 is 4.74 Å². The number of halogens is 1. The number of aliphatic imine (C=N–C) groups is 1. The standard InChI is InChI=1S/C18H27N5OS.HI/c1-4-9-24-16-8-7-14(10-20-16)11-22-18(19-6-3)23-13-17-21-12-15(5-2)25-17;/h7-8,10,12H,4-6,9,11,13H2,1-3H3,(H2,19,22,23);1H. The second-order valence-electron chi connectivity index (χ2n) is 5.48. The fourth-order valence-electron chi connectivity index (χ4n) is 2.06. The van der Waals surface area contributed by atoms with Crippen molar-refractivity contribution in [3.05, 3.63) is 40.0 Å². The van der Waals surface area contributed by atoms with Crippen LogP contribution in [0.2, 0.25) is 0 Å². The van der Waals surface area contributed by atoms with E-state index < -0.39 is 0 Å². The highest BCUT2D eigenvalue weighted by atomic mass is 127. The Morgan fingerprint density at radius 1 is 1.15 bits per heavy atom. The lowest BCUT2D eigenvalue weighted by atomic mass is 10.3. The Morgan fingerprint density at radius 3 is 2.62 bits per heavy atom. The van der Waals surface area contributed by atoms with Crippen molar-refractivity contribution in [1.82, 2.24) is 20.6 Å². The molecule has 0 radical (unpaired) electrons. The number of aromatic nitrogens is 2. The van der Waals surface area contributed by atoms with E-state index in [0.29, 0.717) is 25.6 Å². The highest BCUT2D eigenvalue weighted by Crippen LogP contribution is 2.13. The van der Waals surface area contributed by atoms with Crippen molar-refractivity contribution in [3.63, 3.8) is 0 Å². The Labute approximate surface area is 176 Å². The van der Waals surface area contributed by atoms with Gasteiger partial charge in [-0.3, -0.25) is 0 Å². The van der Waals surface area contributed by atoms with Crippen molar-refractivity contribution >= 4 is 41.3 Å². The lowest BCUT2D eigenvalue weighted by molar-refractivity contribution is 0.305. The fourth-order valence-corrected chi connectivity index (χ4v) is 2.86. The summed E-state index contributed by atoms with van der Waals surface area (Å²) < 4.78 is 5.50. The summed E-state index contributed by atoms with van der Waals surface area (Å²) in [5, 5.41) is 7.65. The van der Waals surface area contributed by atoms with Crippen LogP contribution in [0.1, 0.15) is 42.6 Å². The molecule has 0 atom stereocenters. The van der Waals surface area contributed by atoms with Crippen molar-refractivity contribution in [2.24, 2.45) is 4.99 Å². The molecule has 2 N–H and O–H groups in total. The smallest absolute Gasteiger partial charge is 0.213 e. The molecular weight excluding hydrogens is 461 g/mol. The molecule has 2 rings (SSSR count). The maximum Gasteiger partial charge on any atom is 0.213 e. The summed E-state index contributed by atoms with van der Waals surface area (Å²) in [5.41, 5.74) is 1.04. The van der Waals surface area contributed by atoms with Crippen LogP contribution in [0.3, 0.4) is 0 Å². The predicted molar refractivity (Wildman–Crippen MR) is 119 cm³/mol. The van der Waals surface area contributed by atoms with E-state index in [4.69, 9.17) is 4.74 Å². The van der Waals surface area contributed by atoms with Crippen molar-refractivity contribution in [1.29, 1.82) is 0 Å². The van der Waals surface area contributed by atoms with Gasteiger partial charge in [0.15, 0.2) is 5.96 Å². The summed E-state index contributed by atoms with van der Waals surface area (Å²) >= 11 is 1.74. The molecule has 0 aliphatic rings. The molecule has 2 heterocycles. The molecule has 0 bridgehead atoms. The number of hydrogen-bond acceptors (Lipinski definition) is 5. The van der Waals surface area contributed by atoms with Crippen LogP contribution < -0.4 is 15.4 Å². The van der Waals surface area contributed by atoms with Crippen LogP contribution in [0.5, 0.6) is 5.88 Å². The van der Waals surface area contributed by atoms with E-state index in [1.807, 2.05) is 24.5 Å². The van der Waals surface area contributed by atoms with Gasteiger partial charge >= 0.3 is 0 Å². The molecule has 144 valence electrons. The molecule has 0 aromatic carbocycles. The molecular formula is C18H28IN5OS. The third kappa shape index (κ3) is 7.86. The first-order valence-corrected chi connectivity index (χ1v) is 9.60. The molecule has 6 nitrogen and oxygen atoms in total. The van der Waals surface area contributed by atoms with E-state index in [1.165, 1.54) is 4.88 Å².